The third-order valence-corrected chi connectivity index (χ3v) is 4.81. The summed E-state index contributed by atoms with van der Waals surface area (Å²) in [5.74, 6) is -1.01. The van der Waals surface area contributed by atoms with Crippen LogP contribution in [0.4, 0.5) is 15.9 Å². The largest absolute Gasteiger partial charge is 0.382 e. The highest BCUT2D eigenvalue weighted by Gasteiger charge is 2.20. The summed E-state index contributed by atoms with van der Waals surface area (Å²) < 4.78 is 14.9. The van der Waals surface area contributed by atoms with E-state index in [2.05, 4.69) is 20.4 Å². The molecule has 10 heteroatoms. The maximum Gasteiger partial charge on any atom is 0.257 e. The molecule has 0 bridgehead atoms. The van der Waals surface area contributed by atoms with E-state index in [9.17, 15) is 14.3 Å². The molecule has 2 aromatic carbocycles. The molecular weight excluding hydrogens is 411 g/mol. The Balaban J connectivity index is 1.62. The van der Waals surface area contributed by atoms with Gasteiger partial charge in [-0.15, -0.1) is 0 Å². The number of nitrogen functional groups attached to an aromatic ring is 1. The maximum atomic E-state index is 13.3. The molecule has 4 rings (SSSR count). The molecule has 0 aliphatic rings. The number of anilines is 2. The summed E-state index contributed by atoms with van der Waals surface area (Å²) in [4.78, 5) is 20.5. The van der Waals surface area contributed by atoms with E-state index in [0.29, 0.717) is 28.1 Å². The van der Waals surface area contributed by atoms with Crippen LogP contribution in [-0.2, 0) is 4.79 Å². The third kappa shape index (κ3) is 3.56. The molecular formula is C20H16ClFN6O2. The molecule has 4 aromatic rings. The molecule has 0 aliphatic heterocycles. The van der Waals surface area contributed by atoms with Crippen LogP contribution in [0.2, 0.25) is 5.02 Å². The molecule has 1 atom stereocenters. The Bertz CT molecular complexity index is 1280. The molecule has 0 radical (unpaired) electrons. The molecule has 2 heterocycles. The number of nitrogens with zero attached hydrogens (tertiary/aromatic N) is 4. The molecule has 8 nitrogen and oxygen atoms in total. The van der Waals surface area contributed by atoms with Gasteiger partial charge in [0.15, 0.2) is 11.9 Å². The normalized spacial score (nSPS) is 12.1. The number of rotatable bonds is 4. The minimum atomic E-state index is -1.53. The number of aliphatic hydroxyl groups excluding tert-OH is 1. The fourth-order valence-corrected chi connectivity index (χ4v) is 3.34. The number of aromatic nitrogens is 4. The first-order valence-electron chi connectivity index (χ1n) is 8.85. The Kier molecular flexibility index (Phi) is 5.06. The summed E-state index contributed by atoms with van der Waals surface area (Å²) in [5, 5.41) is 17.4. The Morgan fingerprint density at radius 3 is 2.80 bits per heavy atom. The maximum absolute atomic E-state index is 13.3. The number of nitrogens with one attached hydrogen (secondary N) is 1. The molecule has 152 valence electrons. The van der Waals surface area contributed by atoms with Gasteiger partial charge >= 0.3 is 0 Å². The van der Waals surface area contributed by atoms with E-state index in [4.69, 9.17) is 17.3 Å². The van der Waals surface area contributed by atoms with Crippen LogP contribution in [0.25, 0.3) is 16.7 Å². The van der Waals surface area contributed by atoms with Gasteiger partial charge in [0.2, 0.25) is 0 Å². The number of hydrogen-bond donors (Lipinski definition) is 3. The predicted octanol–water partition coefficient (Wildman–Crippen LogP) is 3.17. The lowest BCUT2D eigenvalue weighted by Gasteiger charge is -2.13. The van der Waals surface area contributed by atoms with Crippen LogP contribution in [0.15, 0.2) is 48.8 Å². The standard InChI is InChI=1S/C20H16ClFN6O2/c1-10-16-17(19(23)25-9-24-16)28(27-10)15-6-5-13(8-14(15)21)26-20(30)18(29)11-3-2-4-12(22)7-11/h2-9,18,29H,1H3,(H,26,30)(H2,23,24,25)/t18-/m1/s1. The zero-order chi connectivity index (χ0) is 21.4. The molecule has 0 spiro atoms. The summed E-state index contributed by atoms with van der Waals surface area (Å²) in [5.41, 5.74) is 8.78. The van der Waals surface area contributed by atoms with Crippen molar-refractivity contribution in [2.75, 3.05) is 11.1 Å². The lowest BCUT2D eigenvalue weighted by molar-refractivity contribution is -0.124. The summed E-state index contributed by atoms with van der Waals surface area (Å²) in [6, 6.07) is 9.95. The highest BCUT2D eigenvalue weighted by molar-refractivity contribution is 6.32. The number of aliphatic hydroxyl groups is 1. The van der Waals surface area contributed by atoms with Crippen LogP contribution >= 0.6 is 11.6 Å². The van der Waals surface area contributed by atoms with Gasteiger partial charge in [0.25, 0.3) is 5.91 Å². The Morgan fingerprint density at radius 1 is 1.27 bits per heavy atom. The molecule has 0 saturated carbocycles. The zero-order valence-electron chi connectivity index (χ0n) is 15.7. The van der Waals surface area contributed by atoms with Gasteiger partial charge in [-0.3, -0.25) is 4.79 Å². The number of hydrogen-bond acceptors (Lipinski definition) is 6. The number of carbonyl (C=O) groups is 1. The van der Waals surface area contributed by atoms with Gasteiger partial charge in [0, 0.05) is 5.69 Å². The van der Waals surface area contributed by atoms with Gasteiger partial charge in [-0.2, -0.15) is 5.10 Å². The smallest absolute Gasteiger partial charge is 0.257 e. The topological polar surface area (TPSA) is 119 Å². The van der Waals surface area contributed by atoms with Crippen molar-refractivity contribution in [2.45, 2.75) is 13.0 Å². The van der Waals surface area contributed by atoms with Crippen molar-refractivity contribution in [3.63, 3.8) is 0 Å². The fourth-order valence-electron chi connectivity index (χ4n) is 3.08. The van der Waals surface area contributed by atoms with E-state index in [1.165, 1.54) is 35.3 Å². The monoisotopic (exact) mass is 426 g/mol. The molecule has 0 saturated heterocycles. The van der Waals surface area contributed by atoms with E-state index < -0.39 is 17.8 Å². The Morgan fingerprint density at radius 2 is 2.07 bits per heavy atom. The number of carbonyl (C=O) groups excluding carboxylic acids is 1. The minimum Gasteiger partial charge on any atom is -0.382 e. The van der Waals surface area contributed by atoms with Crippen LogP contribution in [0.5, 0.6) is 0 Å². The SMILES string of the molecule is Cc1nn(-c2ccc(NC(=O)[C@H](O)c3cccc(F)c3)cc2Cl)c2c(N)ncnc12. The number of benzene rings is 2. The highest BCUT2D eigenvalue weighted by Crippen LogP contribution is 2.30. The van der Waals surface area contributed by atoms with Crippen LogP contribution in [0.1, 0.15) is 17.4 Å². The molecule has 0 unspecified atom stereocenters. The van der Waals surface area contributed by atoms with Crippen molar-refractivity contribution in [2.24, 2.45) is 0 Å². The molecule has 0 fully saturated rings. The average Bonchev–Trinajstić information content (AvgIpc) is 3.05. The average molecular weight is 427 g/mol. The fraction of sp³-hybridized carbons (Fsp3) is 0.100. The third-order valence-electron chi connectivity index (χ3n) is 4.51. The molecule has 30 heavy (non-hydrogen) atoms. The summed E-state index contributed by atoms with van der Waals surface area (Å²) >= 11 is 6.42. The van der Waals surface area contributed by atoms with Crippen LogP contribution < -0.4 is 11.1 Å². The van der Waals surface area contributed by atoms with Crippen molar-refractivity contribution in [1.29, 1.82) is 0 Å². The molecule has 2 aromatic heterocycles. The Labute approximate surface area is 175 Å². The van der Waals surface area contributed by atoms with Gasteiger partial charge in [-0.25, -0.2) is 19.0 Å². The van der Waals surface area contributed by atoms with Crippen molar-refractivity contribution in [3.8, 4) is 5.69 Å². The first-order chi connectivity index (χ1) is 14.3. The zero-order valence-corrected chi connectivity index (χ0v) is 16.4. The van der Waals surface area contributed by atoms with Gasteiger partial charge in [0.05, 0.1) is 16.4 Å². The quantitative estimate of drug-likeness (QED) is 0.461. The van der Waals surface area contributed by atoms with E-state index in [1.54, 1.807) is 19.1 Å². The summed E-state index contributed by atoms with van der Waals surface area (Å²) in [6.07, 6.45) is -0.172. The van der Waals surface area contributed by atoms with Gasteiger partial charge in [0.1, 0.15) is 23.2 Å². The van der Waals surface area contributed by atoms with Crippen molar-refractivity contribution < 1.29 is 14.3 Å². The number of fused-ring (bicyclic) bond motifs is 1. The number of halogens is 2. The second kappa shape index (κ2) is 7.69. The minimum absolute atomic E-state index is 0.143. The molecule has 1 amide bonds. The first kappa shape index (κ1) is 19.7. The molecule has 4 N–H and O–H groups in total. The van der Waals surface area contributed by atoms with Crippen molar-refractivity contribution in [3.05, 3.63) is 70.9 Å². The Hall–Kier alpha value is -3.56. The van der Waals surface area contributed by atoms with Gasteiger partial charge in [-0.05, 0) is 42.8 Å². The van der Waals surface area contributed by atoms with Gasteiger partial charge in [-0.1, -0.05) is 23.7 Å². The van der Waals surface area contributed by atoms with E-state index in [1.807, 2.05) is 0 Å². The lowest BCUT2D eigenvalue weighted by atomic mass is 10.1. The second-order valence-electron chi connectivity index (χ2n) is 6.57. The highest BCUT2D eigenvalue weighted by atomic mass is 35.5. The summed E-state index contributed by atoms with van der Waals surface area (Å²) in [6.45, 7) is 1.79. The first-order valence-corrected chi connectivity index (χ1v) is 9.23. The van der Waals surface area contributed by atoms with Gasteiger partial charge < -0.3 is 16.2 Å². The molecule has 0 aliphatic carbocycles. The van der Waals surface area contributed by atoms with Crippen LogP contribution in [-0.4, -0.2) is 30.8 Å². The predicted molar refractivity (Wildman–Crippen MR) is 111 cm³/mol. The lowest BCUT2D eigenvalue weighted by Crippen LogP contribution is -2.21. The van der Waals surface area contributed by atoms with E-state index >= 15 is 0 Å². The number of amides is 1. The van der Waals surface area contributed by atoms with E-state index in [0.717, 1.165) is 6.07 Å². The second-order valence-corrected chi connectivity index (χ2v) is 6.97. The number of nitrogens with two attached hydrogens (primary N) is 1. The van der Waals surface area contributed by atoms with Crippen molar-refractivity contribution in [1.82, 2.24) is 19.7 Å². The number of aryl methyl sites for hydroxylation is 1. The van der Waals surface area contributed by atoms with Crippen LogP contribution in [0, 0.1) is 12.7 Å². The summed E-state index contributed by atoms with van der Waals surface area (Å²) in [7, 11) is 0. The van der Waals surface area contributed by atoms with Crippen molar-refractivity contribution >= 4 is 40.0 Å². The van der Waals surface area contributed by atoms with Crippen LogP contribution in [0.3, 0.4) is 0 Å². The van der Waals surface area contributed by atoms with E-state index in [-0.39, 0.29) is 16.4 Å².